The number of benzene rings is 3. The molecule has 6 rings (SSSR count). The van der Waals surface area contributed by atoms with E-state index < -0.39 is 0 Å². The average Bonchev–Trinajstić information content (AvgIpc) is 3.50. The number of rotatable bonds is 4. The van der Waals surface area contributed by atoms with Crippen LogP contribution >= 0.6 is 0 Å². The second-order valence-corrected chi connectivity index (χ2v) is 7.38. The SMILES string of the molecule is CCCOc1c2c(c(-c3ccc4c(c3)OCO4)c3c4c(ccc13)OCO4)CNC2=O. The van der Waals surface area contributed by atoms with Gasteiger partial charge in [0.05, 0.1) is 12.2 Å². The lowest BCUT2D eigenvalue weighted by atomic mass is 9.89. The van der Waals surface area contributed by atoms with E-state index in [4.69, 9.17) is 23.7 Å². The summed E-state index contributed by atoms with van der Waals surface area (Å²) in [4.78, 5) is 12.8. The van der Waals surface area contributed by atoms with Crippen LogP contribution in [0.3, 0.4) is 0 Å². The molecule has 3 heterocycles. The topological polar surface area (TPSA) is 75.2 Å². The quantitative estimate of drug-likeness (QED) is 0.707. The van der Waals surface area contributed by atoms with Crippen LogP contribution in [0.4, 0.5) is 0 Å². The van der Waals surface area contributed by atoms with Gasteiger partial charge in [-0.05, 0) is 47.4 Å². The monoisotopic (exact) mass is 405 g/mol. The normalized spacial score (nSPS) is 15.4. The van der Waals surface area contributed by atoms with Crippen LogP contribution in [0.5, 0.6) is 28.7 Å². The molecule has 0 radical (unpaired) electrons. The van der Waals surface area contributed by atoms with Gasteiger partial charge in [0.1, 0.15) is 5.75 Å². The molecule has 7 heteroatoms. The Labute approximate surface area is 172 Å². The molecule has 0 atom stereocenters. The van der Waals surface area contributed by atoms with Crippen molar-refractivity contribution in [1.82, 2.24) is 5.32 Å². The summed E-state index contributed by atoms with van der Waals surface area (Å²) in [5, 5.41) is 4.67. The third-order valence-electron chi connectivity index (χ3n) is 5.63. The van der Waals surface area contributed by atoms with Crippen LogP contribution in [0.1, 0.15) is 29.3 Å². The first-order chi connectivity index (χ1) is 14.8. The third-order valence-corrected chi connectivity index (χ3v) is 5.63. The van der Waals surface area contributed by atoms with Crippen molar-refractivity contribution in [3.63, 3.8) is 0 Å². The first-order valence-electron chi connectivity index (χ1n) is 9.98. The minimum Gasteiger partial charge on any atom is -0.492 e. The highest BCUT2D eigenvalue weighted by Crippen LogP contribution is 2.51. The first-order valence-corrected chi connectivity index (χ1v) is 9.98. The Morgan fingerprint density at radius 1 is 0.967 bits per heavy atom. The van der Waals surface area contributed by atoms with Crippen molar-refractivity contribution < 1.29 is 28.5 Å². The van der Waals surface area contributed by atoms with Gasteiger partial charge < -0.3 is 29.0 Å². The zero-order valence-corrected chi connectivity index (χ0v) is 16.4. The molecule has 152 valence electrons. The Morgan fingerprint density at radius 3 is 2.67 bits per heavy atom. The van der Waals surface area contributed by atoms with Crippen molar-refractivity contribution in [2.24, 2.45) is 0 Å². The smallest absolute Gasteiger partial charge is 0.255 e. The van der Waals surface area contributed by atoms with Gasteiger partial charge in [-0.3, -0.25) is 4.79 Å². The van der Waals surface area contributed by atoms with Crippen molar-refractivity contribution in [2.45, 2.75) is 19.9 Å². The first kappa shape index (κ1) is 17.3. The van der Waals surface area contributed by atoms with Crippen LogP contribution in [0, 0.1) is 0 Å². The van der Waals surface area contributed by atoms with E-state index in [9.17, 15) is 4.79 Å². The summed E-state index contributed by atoms with van der Waals surface area (Å²) in [6, 6.07) is 9.62. The van der Waals surface area contributed by atoms with Crippen LogP contribution in [-0.2, 0) is 6.54 Å². The van der Waals surface area contributed by atoms with Gasteiger partial charge in [0.15, 0.2) is 23.0 Å². The van der Waals surface area contributed by atoms with Crippen LogP contribution in [0.15, 0.2) is 30.3 Å². The summed E-state index contributed by atoms with van der Waals surface area (Å²) in [6.45, 7) is 3.34. The zero-order chi connectivity index (χ0) is 20.2. The minimum absolute atomic E-state index is 0.127. The predicted molar refractivity (Wildman–Crippen MR) is 109 cm³/mol. The largest absolute Gasteiger partial charge is 0.492 e. The lowest BCUT2D eigenvalue weighted by Gasteiger charge is -2.19. The lowest BCUT2D eigenvalue weighted by molar-refractivity contribution is 0.0962. The van der Waals surface area contributed by atoms with Crippen molar-refractivity contribution in [2.75, 3.05) is 20.2 Å². The number of ether oxygens (including phenoxy) is 5. The molecule has 0 unspecified atom stereocenters. The molecule has 1 amide bonds. The molecular formula is C23H19NO6. The van der Waals surface area contributed by atoms with E-state index in [-0.39, 0.29) is 19.5 Å². The molecular weight excluding hydrogens is 386 g/mol. The molecule has 0 aliphatic carbocycles. The lowest BCUT2D eigenvalue weighted by Crippen LogP contribution is -2.13. The van der Waals surface area contributed by atoms with E-state index in [0.717, 1.165) is 33.9 Å². The van der Waals surface area contributed by atoms with Gasteiger partial charge in [0, 0.05) is 17.3 Å². The zero-order valence-electron chi connectivity index (χ0n) is 16.4. The van der Waals surface area contributed by atoms with Crippen molar-refractivity contribution in [3.8, 4) is 39.9 Å². The molecule has 0 spiro atoms. The van der Waals surface area contributed by atoms with Gasteiger partial charge in [-0.25, -0.2) is 0 Å². The maximum atomic E-state index is 12.8. The third kappa shape index (κ3) is 2.35. The Balaban J connectivity index is 1.72. The number of carbonyl (C=O) groups is 1. The second-order valence-electron chi connectivity index (χ2n) is 7.38. The minimum atomic E-state index is -0.127. The predicted octanol–water partition coefficient (Wildman–Crippen LogP) is 4.00. The van der Waals surface area contributed by atoms with E-state index in [0.29, 0.717) is 47.5 Å². The van der Waals surface area contributed by atoms with Gasteiger partial charge in [-0.1, -0.05) is 13.0 Å². The maximum Gasteiger partial charge on any atom is 0.255 e. The Bertz CT molecular complexity index is 1220. The number of amides is 1. The average molecular weight is 405 g/mol. The summed E-state index contributed by atoms with van der Waals surface area (Å²) in [7, 11) is 0. The standard InChI is InChI=1S/C23H19NO6/c1-2-7-26-21-13-4-6-16-22(30-11-28-16)19(13)18(14-9-24-23(25)20(14)21)12-3-5-15-17(8-12)29-10-27-15/h3-6,8H,2,7,9-11H2,1H3,(H,24,25). The van der Waals surface area contributed by atoms with Crippen LogP contribution in [-0.4, -0.2) is 26.1 Å². The van der Waals surface area contributed by atoms with E-state index >= 15 is 0 Å². The number of fused-ring (bicyclic) bond motifs is 5. The molecule has 0 saturated carbocycles. The summed E-state index contributed by atoms with van der Waals surface area (Å²) < 4.78 is 28.7. The molecule has 3 aromatic rings. The summed E-state index contributed by atoms with van der Waals surface area (Å²) in [5.74, 6) is 3.22. The summed E-state index contributed by atoms with van der Waals surface area (Å²) in [5.41, 5.74) is 3.31. The molecule has 3 aromatic carbocycles. The Kier molecular flexibility index (Phi) is 3.71. The molecule has 3 aliphatic rings. The highest BCUT2D eigenvalue weighted by molar-refractivity contribution is 6.15. The maximum absolute atomic E-state index is 12.8. The summed E-state index contributed by atoms with van der Waals surface area (Å²) >= 11 is 0. The molecule has 7 nitrogen and oxygen atoms in total. The molecule has 0 bridgehead atoms. The fourth-order valence-electron chi connectivity index (χ4n) is 4.36. The second kappa shape index (κ2) is 6.45. The van der Waals surface area contributed by atoms with Gasteiger partial charge in [-0.2, -0.15) is 0 Å². The van der Waals surface area contributed by atoms with Crippen molar-refractivity contribution in [1.29, 1.82) is 0 Å². The number of hydrogen-bond acceptors (Lipinski definition) is 6. The number of nitrogens with one attached hydrogen (secondary N) is 1. The Morgan fingerprint density at radius 2 is 1.77 bits per heavy atom. The van der Waals surface area contributed by atoms with E-state index in [1.54, 1.807) is 0 Å². The molecule has 0 saturated heterocycles. The fourth-order valence-corrected chi connectivity index (χ4v) is 4.36. The molecule has 0 fully saturated rings. The van der Waals surface area contributed by atoms with E-state index in [1.807, 2.05) is 37.3 Å². The van der Waals surface area contributed by atoms with E-state index in [1.165, 1.54) is 0 Å². The van der Waals surface area contributed by atoms with Gasteiger partial charge >= 0.3 is 0 Å². The van der Waals surface area contributed by atoms with Gasteiger partial charge in [-0.15, -0.1) is 0 Å². The van der Waals surface area contributed by atoms with Crippen LogP contribution < -0.4 is 29.0 Å². The molecule has 3 aliphatic heterocycles. The van der Waals surface area contributed by atoms with Gasteiger partial charge in [0.25, 0.3) is 5.91 Å². The molecule has 30 heavy (non-hydrogen) atoms. The molecule has 0 aromatic heterocycles. The highest BCUT2D eigenvalue weighted by atomic mass is 16.7. The van der Waals surface area contributed by atoms with Crippen molar-refractivity contribution >= 4 is 16.7 Å². The van der Waals surface area contributed by atoms with Crippen LogP contribution in [0.2, 0.25) is 0 Å². The molecule has 1 N–H and O–H groups in total. The number of hydrogen-bond donors (Lipinski definition) is 1. The van der Waals surface area contributed by atoms with E-state index in [2.05, 4.69) is 5.32 Å². The van der Waals surface area contributed by atoms with Crippen LogP contribution in [0.25, 0.3) is 21.9 Å². The Hall–Kier alpha value is -3.61. The van der Waals surface area contributed by atoms with Gasteiger partial charge in [0.2, 0.25) is 13.6 Å². The number of carbonyl (C=O) groups excluding carboxylic acids is 1. The highest BCUT2D eigenvalue weighted by Gasteiger charge is 2.33. The summed E-state index contributed by atoms with van der Waals surface area (Å²) in [6.07, 6.45) is 0.840. The fraction of sp³-hybridized carbons (Fsp3) is 0.261. The van der Waals surface area contributed by atoms with Crippen molar-refractivity contribution in [3.05, 3.63) is 41.5 Å².